The van der Waals surface area contributed by atoms with Gasteiger partial charge in [-0.05, 0) is 150 Å². The van der Waals surface area contributed by atoms with Gasteiger partial charge in [0.1, 0.15) is 84.0 Å². The minimum absolute atomic E-state index is 0.0159. The maximum Gasteiger partial charge on any atom is 0.326 e. The third-order valence-corrected chi connectivity index (χ3v) is 19.2. The Bertz CT molecular complexity index is 3780. The van der Waals surface area contributed by atoms with Crippen LogP contribution in [0.2, 0.25) is 0 Å². The SMILES string of the molecule is CC[C@H](C)[C@H](NC(=O)[C@H](Cc1ccc(O)cc1)NC(=O)[C@H](C)NC(=O)[C@@H](N)CCC(=O)O)C(=O)N1CCC[C@H]1C(=O)N[C@@H](CCCCN)C(=O)N[C@@H](CCC(=O)O)C(=O)N[C@@H](CCC(N)=O)C(=O)N[C@@H](CCCCN)C(=O)N[C@@H](Cc1ccc(O)cc1)C(=O)N[C@@H](CO)C(=O)N[C@@H](Cc1ccccc1)C(=O)N[C@@H](CC(C)C)C(=O)O. The van der Waals surface area contributed by atoms with Crippen molar-refractivity contribution in [2.75, 3.05) is 26.2 Å². The van der Waals surface area contributed by atoms with E-state index in [1.165, 1.54) is 60.4 Å². The molecule has 1 aliphatic heterocycles. The molecule has 0 spiro atoms. The lowest BCUT2D eigenvalue weighted by Crippen LogP contribution is -2.61. The topological polar surface area (TPSA) is 634 Å². The molecule has 634 valence electrons. The maximum absolute atomic E-state index is 14.9. The minimum atomic E-state index is -1.83. The zero-order chi connectivity index (χ0) is 85.6. The van der Waals surface area contributed by atoms with Gasteiger partial charge in [-0.25, -0.2) is 4.79 Å². The van der Waals surface area contributed by atoms with Crippen molar-refractivity contribution in [1.82, 2.24) is 63.4 Å². The summed E-state index contributed by atoms with van der Waals surface area (Å²) in [5, 5.41) is 87.4. The highest BCUT2D eigenvalue weighted by Crippen LogP contribution is 2.24. The molecule has 1 saturated heterocycles. The van der Waals surface area contributed by atoms with E-state index in [1.807, 2.05) is 0 Å². The fourth-order valence-electron chi connectivity index (χ4n) is 12.4. The predicted molar refractivity (Wildman–Crippen MR) is 415 cm³/mol. The number of carbonyl (C=O) groups excluding carboxylic acids is 13. The molecule has 1 fully saturated rings. The molecule has 0 bridgehead atoms. The van der Waals surface area contributed by atoms with E-state index in [2.05, 4.69) is 58.5 Å². The van der Waals surface area contributed by atoms with E-state index in [4.69, 9.17) is 28.0 Å². The van der Waals surface area contributed by atoms with Crippen LogP contribution >= 0.6 is 0 Å². The molecule has 0 aliphatic carbocycles. The summed E-state index contributed by atoms with van der Waals surface area (Å²) in [5.74, 6) is -17.7. The molecule has 0 radical (unpaired) electrons. The van der Waals surface area contributed by atoms with Gasteiger partial charge in [-0.1, -0.05) is 88.7 Å². The Hall–Kier alpha value is -11.4. The van der Waals surface area contributed by atoms with Crippen molar-refractivity contribution in [2.45, 2.75) is 235 Å². The number of carboxylic acids is 3. The number of hydrogen-bond donors (Lipinski definition) is 21. The van der Waals surface area contributed by atoms with Gasteiger partial charge in [-0.15, -0.1) is 0 Å². The lowest BCUT2D eigenvalue weighted by Gasteiger charge is -2.33. The monoisotopic (exact) mass is 1610 g/mol. The number of amides is 13. The summed E-state index contributed by atoms with van der Waals surface area (Å²) < 4.78 is 0. The van der Waals surface area contributed by atoms with Gasteiger partial charge in [0.15, 0.2) is 0 Å². The second-order valence-corrected chi connectivity index (χ2v) is 29.0. The standard InChI is InChI=1S/C77H114N16O22/c1-6-43(4)64(92-73(110)57(40-47-22-26-49(96)27-23-47)87-65(102)44(5)82-66(103)50(80)28-32-62(98)99)76(113)93-36-14-19-60(93)75(112)86-52(18-11-13-35-79)67(104)85-54(30-33-63(100)101)70(107)84-53(29-31-61(81)97)69(106)83-51(17-10-12-34-78)68(105)88-56(39-46-20-24-48(95)25-21-46)72(109)91-59(41-94)74(111)89-55(38-45-15-8-7-9-16-45)71(108)90-58(77(114)115)37-42(2)3/h7-9,15-16,20-27,42-44,50-60,64,94-96H,6,10-14,17-19,28-41,78-80H2,1-5H3,(H2,81,97)(H,82,103)(H,83,106)(H,84,107)(H,85,104)(H,86,112)(H,87,102)(H,88,105)(H,89,111)(H,90,108)(H,91,109)(H,92,110)(H,98,99)(H,100,101)(H,114,115)/t43-,44-,50-,51-,52-,53-,54-,55-,56-,57-,58-,59-,60-,64-/m0/s1. The van der Waals surface area contributed by atoms with E-state index in [0.717, 1.165) is 0 Å². The third-order valence-electron chi connectivity index (χ3n) is 19.2. The summed E-state index contributed by atoms with van der Waals surface area (Å²) in [6.45, 7) is 7.33. The second-order valence-electron chi connectivity index (χ2n) is 29.0. The molecular weight excluding hydrogens is 1500 g/mol. The normalized spacial score (nSPS) is 15.9. The van der Waals surface area contributed by atoms with E-state index in [0.29, 0.717) is 29.5 Å². The number of aliphatic hydroxyl groups is 1. The number of rotatable bonds is 52. The summed E-state index contributed by atoms with van der Waals surface area (Å²) in [7, 11) is 0. The van der Waals surface area contributed by atoms with Gasteiger partial charge < -0.3 is 117 Å². The van der Waals surface area contributed by atoms with Gasteiger partial charge >= 0.3 is 17.9 Å². The number of nitrogens with zero attached hydrogens (tertiary/aromatic N) is 1. The number of nitrogens with two attached hydrogens (primary N) is 4. The van der Waals surface area contributed by atoms with Gasteiger partial charge in [0.05, 0.1) is 12.6 Å². The van der Waals surface area contributed by atoms with Gasteiger partial charge in [0.25, 0.3) is 0 Å². The number of carboxylic acid groups (broad SMARTS) is 3. The first-order valence-electron chi connectivity index (χ1n) is 38.4. The smallest absolute Gasteiger partial charge is 0.326 e. The van der Waals surface area contributed by atoms with Crippen LogP contribution in [0, 0.1) is 11.8 Å². The van der Waals surface area contributed by atoms with E-state index in [9.17, 15) is 102 Å². The van der Waals surface area contributed by atoms with Gasteiger partial charge in [-0.3, -0.25) is 71.9 Å². The summed E-state index contributed by atoms with van der Waals surface area (Å²) in [6, 6.07) is -0.333. The van der Waals surface area contributed by atoms with Gasteiger partial charge in [0, 0.05) is 45.1 Å². The number of primary amides is 1. The minimum Gasteiger partial charge on any atom is -0.508 e. The number of benzene rings is 3. The molecule has 13 amide bonds. The number of phenols is 2. The molecule has 0 unspecified atom stereocenters. The van der Waals surface area contributed by atoms with Gasteiger partial charge in [0.2, 0.25) is 76.8 Å². The number of phenolic OH excluding ortho intramolecular Hbond substituents is 2. The highest BCUT2D eigenvalue weighted by atomic mass is 16.4. The maximum atomic E-state index is 14.9. The molecule has 14 atom stereocenters. The highest BCUT2D eigenvalue weighted by Gasteiger charge is 2.43. The molecule has 115 heavy (non-hydrogen) atoms. The largest absolute Gasteiger partial charge is 0.508 e. The average Bonchev–Trinajstić information content (AvgIpc) is 1.74. The van der Waals surface area contributed by atoms with E-state index < -0.39 is 218 Å². The van der Waals surface area contributed by atoms with Crippen LogP contribution in [0.4, 0.5) is 0 Å². The number of hydrogen-bond acceptors (Lipinski definition) is 22. The van der Waals surface area contributed by atoms with Crippen LogP contribution in [-0.4, -0.2) is 235 Å². The number of unbranched alkanes of at least 4 members (excludes halogenated alkanes) is 2. The van der Waals surface area contributed by atoms with Crippen molar-refractivity contribution in [2.24, 2.45) is 34.8 Å². The number of likely N-dealkylation sites (tertiary alicyclic amines) is 1. The quantitative estimate of drug-likeness (QED) is 0.0254. The number of aliphatic hydroxyl groups excluding tert-OH is 1. The second kappa shape index (κ2) is 49.3. The third kappa shape index (κ3) is 33.7. The molecule has 0 aromatic heterocycles. The summed E-state index contributed by atoms with van der Waals surface area (Å²) in [5.41, 5.74) is 24.4. The molecule has 25 N–H and O–H groups in total. The van der Waals surface area contributed by atoms with Crippen LogP contribution in [0.5, 0.6) is 11.5 Å². The van der Waals surface area contributed by atoms with Crippen molar-refractivity contribution in [3.05, 3.63) is 95.6 Å². The fraction of sp³-hybridized carbons (Fsp3) is 0.558. The summed E-state index contributed by atoms with van der Waals surface area (Å²) in [6.07, 6.45) is -2.75. The Morgan fingerprint density at radius 1 is 0.452 bits per heavy atom. The first kappa shape index (κ1) is 96.0. The van der Waals surface area contributed by atoms with Crippen LogP contribution in [0.15, 0.2) is 78.9 Å². The first-order chi connectivity index (χ1) is 54.5. The zero-order valence-electron chi connectivity index (χ0n) is 65.4. The van der Waals surface area contributed by atoms with Crippen LogP contribution in [0.3, 0.4) is 0 Å². The Labute approximate surface area is 666 Å². The molecule has 0 saturated carbocycles. The molecule has 38 nitrogen and oxygen atoms in total. The van der Waals surface area contributed by atoms with Crippen molar-refractivity contribution in [3.8, 4) is 11.5 Å². The molecule has 4 rings (SSSR count). The lowest BCUT2D eigenvalue weighted by atomic mass is 9.96. The number of carbonyl (C=O) groups is 16. The molecule has 3 aromatic carbocycles. The number of aromatic hydroxyl groups is 2. The number of aliphatic carboxylic acids is 3. The van der Waals surface area contributed by atoms with E-state index in [1.54, 1.807) is 58.0 Å². The van der Waals surface area contributed by atoms with Crippen LogP contribution in [-0.2, 0) is 96.0 Å². The molecule has 38 heteroatoms. The van der Waals surface area contributed by atoms with Gasteiger partial charge in [-0.2, -0.15) is 0 Å². The first-order valence-corrected chi connectivity index (χ1v) is 38.4. The Kier molecular flexibility index (Phi) is 41.1. The fourth-order valence-corrected chi connectivity index (χ4v) is 12.4. The molecule has 1 heterocycles. The van der Waals surface area contributed by atoms with E-state index >= 15 is 0 Å². The zero-order valence-corrected chi connectivity index (χ0v) is 65.4. The molecular formula is C77H114N16O22. The van der Waals surface area contributed by atoms with Crippen molar-refractivity contribution >= 4 is 94.7 Å². The summed E-state index contributed by atoms with van der Waals surface area (Å²) in [4.78, 5) is 221. The van der Waals surface area contributed by atoms with Crippen molar-refractivity contribution < 1.29 is 107 Å². The molecule has 3 aromatic rings. The number of nitrogens with one attached hydrogen (secondary N) is 11. The van der Waals surface area contributed by atoms with Crippen LogP contribution < -0.4 is 81.4 Å². The average molecular weight is 1620 g/mol. The molecule has 1 aliphatic rings. The predicted octanol–water partition coefficient (Wildman–Crippen LogP) is -2.78. The lowest BCUT2D eigenvalue weighted by molar-refractivity contribution is -0.143. The Morgan fingerprint density at radius 3 is 1.28 bits per heavy atom. The van der Waals surface area contributed by atoms with Crippen LogP contribution in [0.25, 0.3) is 0 Å². The van der Waals surface area contributed by atoms with Crippen molar-refractivity contribution in [1.29, 1.82) is 0 Å². The highest BCUT2D eigenvalue weighted by molar-refractivity contribution is 6.00. The van der Waals surface area contributed by atoms with Crippen LogP contribution in [0.1, 0.15) is 154 Å². The Morgan fingerprint density at radius 2 is 0.843 bits per heavy atom. The van der Waals surface area contributed by atoms with E-state index in [-0.39, 0.29) is 114 Å². The Balaban J connectivity index is 1.62. The van der Waals surface area contributed by atoms with Crippen molar-refractivity contribution in [3.63, 3.8) is 0 Å². The summed E-state index contributed by atoms with van der Waals surface area (Å²) >= 11 is 0.